The predicted octanol–water partition coefficient (Wildman–Crippen LogP) is 3.93. The van der Waals surface area contributed by atoms with Crippen LogP contribution in [0.1, 0.15) is 37.9 Å². The molecule has 0 spiro atoms. The zero-order chi connectivity index (χ0) is 16.6. The molecule has 3 atom stereocenters. The van der Waals surface area contributed by atoms with Gasteiger partial charge in [0.05, 0.1) is 11.7 Å². The molecule has 2 aromatic rings. The molecule has 1 N–H and O–H groups in total. The number of carbonyl (C=O) groups is 1. The molecule has 0 saturated carbocycles. The van der Waals surface area contributed by atoms with E-state index in [1.807, 2.05) is 42.4 Å². The normalized spacial score (nSPS) is 23.3. The molecule has 1 aliphatic heterocycles. The highest BCUT2D eigenvalue weighted by molar-refractivity contribution is 5.93. The lowest BCUT2D eigenvalue weighted by Crippen LogP contribution is -2.48. The summed E-state index contributed by atoms with van der Waals surface area (Å²) in [6, 6.07) is 10.5. The quantitative estimate of drug-likeness (QED) is 0.914. The van der Waals surface area contributed by atoms with Crippen molar-refractivity contribution in [1.82, 2.24) is 4.98 Å². The van der Waals surface area contributed by atoms with E-state index in [9.17, 15) is 4.79 Å². The summed E-state index contributed by atoms with van der Waals surface area (Å²) >= 11 is 0. The van der Waals surface area contributed by atoms with Crippen LogP contribution in [-0.2, 0) is 4.79 Å². The van der Waals surface area contributed by atoms with Crippen LogP contribution in [0.15, 0.2) is 42.7 Å². The standard InChI is InChI=1S/C19H23N3O/c1-12-9-16(11-20-10-12)21-19-13(2)14(3)22(15(4)23)18-8-6-5-7-17(18)19/h5-11,13-14,19,21H,1-4H3/t13-,14-,19+/m0/s1. The van der Waals surface area contributed by atoms with E-state index in [-0.39, 0.29) is 23.9 Å². The molecule has 23 heavy (non-hydrogen) atoms. The largest absolute Gasteiger partial charge is 0.377 e. The molecule has 0 bridgehead atoms. The second-order valence-electron chi connectivity index (χ2n) is 6.42. The van der Waals surface area contributed by atoms with Crippen molar-refractivity contribution in [2.24, 2.45) is 5.92 Å². The molecular weight excluding hydrogens is 286 g/mol. The van der Waals surface area contributed by atoms with Gasteiger partial charge in [-0.05, 0) is 37.1 Å². The Balaban J connectivity index is 2.03. The van der Waals surface area contributed by atoms with Gasteiger partial charge in [0, 0.05) is 37.0 Å². The van der Waals surface area contributed by atoms with Gasteiger partial charge in [-0.15, -0.1) is 0 Å². The first-order chi connectivity index (χ1) is 11.0. The van der Waals surface area contributed by atoms with E-state index >= 15 is 0 Å². The van der Waals surface area contributed by atoms with Gasteiger partial charge in [-0.2, -0.15) is 0 Å². The summed E-state index contributed by atoms with van der Waals surface area (Å²) in [6.45, 7) is 7.98. The number of amides is 1. The van der Waals surface area contributed by atoms with Gasteiger partial charge in [0.1, 0.15) is 0 Å². The number of para-hydroxylation sites is 1. The Labute approximate surface area is 137 Å². The lowest BCUT2D eigenvalue weighted by Gasteiger charge is -2.44. The van der Waals surface area contributed by atoms with E-state index in [2.05, 4.69) is 36.3 Å². The number of benzene rings is 1. The van der Waals surface area contributed by atoms with Crippen molar-refractivity contribution in [2.75, 3.05) is 10.2 Å². The van der Waals surface area contributed by atoms with Crippen molar-refractivity contribution in [3.8, 4) is 0 Å². The van der Waals surface area contributed by atoms with Crippen LogP contribution in [0.4, 0.5) is 11.4 Å². The lowest BCUT2D eigenvalue weighted by molar-refractivity contribution is -0.117. The number of aromatic nitrogens is 1. The number of nitrogens with zero attached hydrogens (tertiary/aromatic N) is 2. The highest BCUT2D eigenvalue weighted by atomic mass is 16.2. The number of rotatable bonds is 2. The average molecular weight is 309 g/mol. The molecule has 4 nitrogen and oxygen atoms in total. The Bertz CT molecular complexity index is 728. The number of anilines is 2. The van der Waals surface area contributed by atoms with E-state index < -0.39 is 0 Å². The molecule has 3 rings (SSSR count). The van der Waals surface area contributed by atoms with E-state index in [4.69, 9.17) is 0 Å². The Morgan fingerprint density at radius 3 is 2.65 bits per heavy atom. The molecule has 1 aliphatic rings. The minimum absolute atomic E-state index is 0.0903. The summed E-state index contributed by atoms with van der Waals surface area (Å²) in [5.41, 5.74) is 4.31. The van der Waals surface area contributed by atoms with Crippen LogP contribution < -0.4 is 10.2 Å². The van der Waals surface area contributed by atoms with Crippen LogP contribution in [0, 0.1) is 12.8 Å². The number of pyridine rings is 1. The molecule has 0 aliphatic carbocycles. The fraction of sp³-hybridized carbons (Fsp3) is 0.368. The molecular formula is C19H23N3O. The fourth-order valence-electron chi connectivity index (χ4n) is 3.47. The number of fused-ring (bicyclic) bond motifs is 1. The molecule has 0 saturated heterocycles. The number of hydrogen-bond donors (Lipinski definition) is 1. The molecule has 120 valence electrons. The maximum atomic E-state index is 12.1. The van der Waals surface area contributed by atoms with Crippen LogP contribution in [-0.4, -0.2) is 16.9 Å². The van der Waals surface area contributed by atoms with Crippen molar-refractivity contribution in [2.45, 2.75) is 39.8 Å². The van der Waals surface area contributed by atoms with Crippen LogP contribution in [0.2, 0.25) is 0 Å². The first-order valence-corrected chi connectivity index (χ1v) is 8.06. The minimum atomic E-state index is 0.0903. The second-order valence-corrected chi connectivity index (χ2v) is 6.42. The lowest BCUT2D eigenvalue weighted by atomic mass is 9.82. The smallest absolute Gasteiger partial charge is 0.224 e. The molecule has 0 fully saturated rings. The van der Waals surface area contributed by atoms with Gasteiger partial charge in [0.25, 0.3) is 0 Å². The highest BCUT2D eigenvalue weighted by Crippen LogP contribution is 2.42. The Morgan fingerprint density at radius 1 is 1.22 bits per heavy atom. The van der Waals surface area contributed by atoms with Gasteiger partial charge >= 0.3 is 0 Å². The van der Waals surface area contributed by atoms with E-state index in [1.54, 1.807) is 6.92 Å². The van der Waals surface area contributed by atoms with Gasteiger partial charge in [-0.1, -0.05) is 25.1 Å². The summed E-state index contributed by atoms with van der Waals surface area (Å²) in [5, 5.41) is 3.62. The maximum Gasteiger partial charge on any atom is 0.224 e. The Hall–Kier alpha value is -2.36. The van der Waals surface area contributed by atoms with Crippen molar-refractivity contribution < 1.29 is 4.79 Å². The summed E-state index contributed by atoms with van der Waals surface area (Å²) in [4.78, 5) is 18.3. The number of nitrogens with one attached hydrogen (secondary N) is 1. The summed E-state index contributed by atoms with van der Waals surface area (Å²) in [6.07, 6.45) is 3.70. The molecule has 1 aromatic carbocycles. The van der Waals surface area contributed by atoms with Gasteiger partial charge < -0.3 is 10.2 Å². The average Bonchev–Trinajstić information content (AvgIpc) is 2.51. The molecule has 2 heterocycles. The van der Waals surface area contributed by atoms with Crippen molar-refractivity contribution in [3.63, 3.8) is 0 Å². The van der Waals surface area contributed by atoms with Gasteiger partial charge in [-0.3, -0.25) is 9.78 Å². The van der Waals surface area contributed by atoms with Crippen LogP contribution in [0.25, 0.3) is 0 Å². The minimum Gasteiger partial charge on any atom is -0.377 e. The zero-order valence-electron chi connectivity index (χ0n) is 14.1. The fourth-order valence-corrected chi connectivity index (χ4v) is 3.47. The van der Waals surface area contributed by atoms with E-state index in [0.29, 0.717) is 0 Å². The van der Waals surface area contributed by atoms with E-state index in [1.165, 1.54) is 0 Å². The van der Waals surface area contributed by atoms with Gasteiger partial charge in [0.15, 0.2) is 0 Å². The monoisotopic (exact) mass is 309 g/mol. The first kappa shape index (κ1) is 15.5. The Kier molecular flexibility index (Phi) is 4.07. The van der Waals surface area contributed by atoms with Crippen LogP contribution in [0.5, 0.6) is 0 Å². The topological polar surface area (TPSA) is 45.2 Å². The van der Waals surface area contributed by atoms with E-state index in [0.717, 1.165) is 22.5 Å². The molecule has 1 aromatic heterocycles. The molecule has 0 radical (unpaired) electrons. The second kappa shape index (κ2) is 6.03. The third kappa shape index (κ3) is 2.81. The molecule has 1 amide bonds. The van der Waals surface area contributed by atoms with Gasteiger partial charge in [-0.25, -0.2) is 0 Å². The highest BCUT2D eigenvalue weighted by Gasteiger charge is 2.37. The molecule has 0 unspecified atom stereocenters. The number of hydrogen-bond acceptors (Lipinski definition) is 3. The molecule has 4 heteroatoms. The first-order valence-electron chi connectivity index (χ1n) is 8.06. The van der Waals surface area contributed by atoms with Crippen LogP contribution >= 0.6 is 0 Å². The van der Waals surface area contributed by atoms with Crippen LogP contribution in [0.3, 0.4) is 0 Å². The van der Waals surface area contributed by atoms with Crippen molar-refractivity contribution in [1.29, 1.82) is 0 Å². The summed E-state index contributed by atoms with van der Waals surface area (Å²) < 4.78 is 0. The third-order valence-corrected chi connectivity index (χ3v) is 4.76. The predicted molar refractivity (Wildman–Crippen MR) is 93.6 cm³/mol. The summed E-state index contributed by atoms with van der Waals surface area (Å²) in [7, 11) is 0. The number of aryl methyl sites for hydroxylation is 1. The summed E-state index contributed by atoms with van der Waals surface area (Å²) in [5.74, 6) is 0.377. The van der Waals surface area contributed by atoms with Gasteiger partial charge in [0.2, 0.25) is 5.91 Å². The maximum absolute atomic E-state index is 12.1. The zero-order valence-corrected chi connectivity index (χ0v) is 14.1. The third-order valence-electron chi connectivity index (χ3n) is 4.76. The van der Waals surface area contributed by atoms with Crippen molar-refractivity contribution in [3.05, 3.63) is 53.9 Å². The van der Waals surface area contributed by atoms with Crippen molar-refractivity contribution >= 4 is 17.3 Å². The SMILES string of the molecule is CC(=O)N1c2ccccc2[C@H](Nc2cncc(C)c2)[C@@H](C)[C@@H]1C. The number of carbonyl (C=O) groups excluding carboxylic acids is 1. The Morgan fingerprint density at radius 2 is 1.96 bits per heavy atom.